The lowest BCUT2D eigenvalue weighted by atomic mass is 10.2. The van der Waals surface area contributed by atoms with Crippen molar-refractivity contribution in [3.8, 4) is 5.75 Å². The summed E-state index contributed by atoms with van der Waals surface area (Å²) in [6.07, 6.45) is 4.70. The molecule has 0 spiro atoms. The fourth-order valence-electron chi connectivity index (χ4n) is 5.22. The number of carbonyl (C=O) groups excluding carboxylic acids is 1. The molecule has 0 amide bonds. The Labute approximate surface area is 269 Å². The third kappa shape index (κ3) is 7.19. The van der Waals surface area contributed by atoms with Gasteiger partial charge in [0.15, 0.2) is 15.1 Å². The molecule has 0 bridgehead atoms. The van der Waals surface area contributed by atoms with E-state index in [0.717, 1.165) is 32.4 Å². The molecule has 10 nitrogen and oxygen atoms in total. The van der Waals surface area contributed by atoms with Gasteiger partial charge in [-0.2, -0.15) is 8.42 Å². The molecule has 242 valence electrons. The Morgan fingerprint density at radius 2 is 1.82 bits per heavy atom. The smallest absolute Gasteiger partial charge is 0.419 e. The number of anilines is 1. The minimum atomic E-state index is -4.12. The number of imidazole rings is 1. The zero-order valence-electron chi connectivity index (χ0n) is 26.7. The SMILES string of the molecule is CCCCCCN(c1ccc2c(c1)c(OCCN(CC)CC)c(C)n2C(=O)OC(C)(C)C)S(=O)(=O)c1c(Cl)nc2sccn12. The number of carbonyl (C=O) groups is 1. The molecule has 44 heavy (non-hydrogen) atoms. The van der Waals surface area contributed by atoms with E-state index in [2.05, 4.69) is 30.7 Å². The summed E-state index contributed by atoms with van der Waals surface area (Å²) in [5.41, 5.74) is 0.904. The summed E-state index contributed by atoms with van der Waals surface area (Å²) in [7, 11) is -4.12. The molecule has 0 radical (unpaired) electrons. The Bertz CT molecular complexity index is 1700. The molecule has 0 atom stereocenters. The van der Waals surface area contributed by atoms with E-state index in [9.17, 15) is 13.2 Å². The van der Waals surface area contributed by atoms with Crippen LogP contribution in [0.3, 0.4) is 0 Å². The lowest BCUT2D eigenvalue weighted by Crippen LogP contribution is -2.33. The topological polar surface area (TPSA) is 98.4 Å². The molecule has 0 saturated carbocycles. The molecule has 13 heteroatoms. The second kappa shape index (κ2) is 14.1. The van der Waals surface area contributed by atoms with Gasteiger partial charge >= 0.3 is 6.09 Å². The second-order valence-corrected chi connectivity index (χ2v) is 14.7. The molecule has 0 aliphatic rings. The van der Waals surface area contributed by atoms with Gasteiger partial charge in [0.25, 0.3) is 10.0 Å². The fraction of sp³-hybridized carbons (Fsp3) is 0.548. The monoisotopic (exact) mass is 665 g/mol. The average Bonchev–Trinajstić information content (AvgIpc) is 3.60. The van der Waals surface area contributed by atoms with Crippen molar-refractivity contribution in [2.45, 2.75) is 84.8 Å². The molecule has 0 saturated heterocycles. The minimum absolute atomic E-state index is 0.0655. The zero-order chi connectivity index (χ0) is 32.2. The lowest BCUT2D eigenvalue weighted by molar-refractivity contribution is 0.0540. The van der Waals surface area contributed by atoms with E-state index >= 15 is 0 Å². The highest BCUT2D eigenvalue weighted by Crippen LogP contribution is 2.38. The number of sulfonamides is 1. The Hall–Kier alpha value is -2.80. The summed E-state index contributed by atoms with van der Waals surface area (Å²) in [5, 5.41) is 2.27. The fourth-order valence-corrected chi connectivity index (χ4v) is 8.13. The van der Waals surface area contributed by atoms with Crippen LogP contribution in [0.25, 0.3) is 15.9 Å². The van der Waals surface area contributed by atoms with Crippen molar-refractivity contribution in [3.05, 3.63) is 40.6 Å². The van der Waals surface area contributed by atoms with Crippen LogP contribution in [0.4, 0.5) is 10.5 Å². The van der Waals surface area contributed by atoms with Gasteiger partial charge < -0.3 is 14.4 Å². The van der Waals surface area contributed by atoms with Crippen molar-refractivity contribution in [1.82, 2.24) is 18.9 Å². The normalized spacial score (nSPS) is 12.5. The maximum Gasteiger partial charge on any atom is 0.419 e. The van der Waals surface area contributed by atoms with Gasteiger partial charge in [-0.05, 0) is 65.4 Å². The van der Waals surface area contributed by atoms with E-state index in [1.807, 2.05) is 27.7 Å². The first-order chi connectivity index (χ1) is 20.8. The largest absolute Gasteiger partial charge is 0.490 e. The Morgan fingerprint density at radius 3 is 2.48 bits per heavy atom. The molecule has 0 aliphatic carbocycles. The highest BCUT2D eigenvalue weighted by Gasteiger charge is 2.33. The number of hydrogen-bond donors (Lipinski definition) is 0. The summed E-state index contributed by atoms with van der Waals surface area (Å²) < 4.78 is 45.2. The molecule has 3 aromatic heterocycles. The maximum absolute atomic E-state index is 14.3. The van der Waals surface area contributed by atoms with Crippen molar-refractivity contribution in [2.24, 2.45) is 0 Å². The first-order valence-electron chi connectivity index (χ1n) is 15.2. The van der Waals surface area contributed by atoms with Crippen molar-refractivity contribution >= 4 is 60.6 Å². The van der Waals surface area contributed by atoms with Crippen molar-refractivity contribution in [1.29, 1.82) is 0 Å². The van der Waals surface area contributed by atoms with Crippen LogP contribution in [-0.4, -0.2) is 71.7 Å². The van der Waals surface area contributed by atoms with Gasteiger partial charge in [0, 0.05) is 30.1 Å². The van der Waals surface area contributed by atoms with Crippen molar-refractivity contribution < 1.29 is 22.7 Å². The van der Waals surface area contributed by atoms with Crippen molar-refractivity contribution in [2.75, 3.05) is 37.1 Å². The standard InChI is InChI=1S/C31H44ClN5O5S2/c1-8-11-12-13-16-36(44(39,40)28-27(32)33-29-35(28)18-20-43-29)23-14-15-25-24(21-23)26(41-19-17-34(9-2)10-3)22(4)37(25)30(38)42-31(5,6)7/h14-15,18,20-21H,8-13,16-17,19H2,1-7H3. The molecule has 4 rings (SSSR count). The van der Waals surface area contributed by atoms with Gasteiger partial charge in [0.05, 0.1) is 16.9 Å². The number of unbranched alkanes of at least 4 members (excludes halogenated alkanes) is 3. The van der Waals surface area contributed by atoms with Crippen LogP contribution in [0.2, 0.25) is 5.15 Å². The van der Waals surface area contributed by atoms with Crippen LogP contribution in [0.5, 0.6) is 5.75 Å². The number of thiazole rings is 1. The van der Waals surface area contributed by atoms with E-state index < -0.39 is 21.7 Å². The summed E-state index contributed by atoms with van der Waals surface area (Å²) in [5.74, 6) is 0.519. The molecule has 0 aliphatic heterocycles. The summed E-state index contributed by atoms with van der Waals surface area (Å²) in [6.45, 7) is 16.7. The van der Waals surface area contributed by atoms with Crippen LogP contribution < -0.4 is 9.04 Å². The number of benzene rings is 1. The number of hydrogen-bond acceptors (Lipinski definition) is 8. The van der Waals surface area contributed by atoms with Gasteiger partial charge in [0.2, 0.25) is 0 Å². The van der Waals surface area contributed by atoms with Crippen LogP contribution in [0, 0.1) is 6.92 Å². The lowest BCUT2D eigenvalue weighted by Gasteiger charge is -2.24. The summed E-state index contributed by atoms with van der Waals surface area (Å²) in [6, 6.07) is 5.26. The highest BCUT2D eigenvalue weighted by atomic mass is 35.5. The predicted octanol–water partition coefficient (Wildman–Crippen LogP) is 7.59. The number of halogens is 1. The van der Waals surface area contributed by atoms with Crippen LogP contribution in [0.15, 0.2) is 34.8 Å². The van der Waals surface area contributed by atoms with E-state index in [1.54, 1.807) is 29.8 Å². The molecule has 1 aromatic carbocycles. The van der Waals surface area contributed by atoms with Gasteiger partial charge in [-0.15, -0.1) is 11.3 Å². The number of rotatable bonds is 14. The quantitative estimate of drug-likeness (QED) is 0.128. The number of ether oxygens (including phenoxy) is 2. The van der Waals surface area contributed by atoms with E-state index in [4.69, 9.17) is 21.1 Å². The number of nitrogens with zero attached hydrogens (tertiary/aromatic N) is 5. The highest BCUT2D eigenvalue weighted by molar-refractivity contribution is 7.92. The maximum atomic E-state index is 14.3. The number of aromatic nitrogens is 3. The Morgan fingerprint density at radius 1 is 1.09 bits per heavy atom. The number of fused-ring (bicyclic) bond motifs is 2. The molecule has 0 unspecified atom stereocenters. The third-order valence-electron chi connectivity index (χ3n) is 7.47. The Kier molecular flexibility index (Phi) is 10.9. The molecular weight excluding hydrogens is 622 g/mol. The van der Waals surface area contributed by atoms with Gasteiger partial charge in [-0.25, -0.2) is 14.3 Å². The zero-order valence-corrected chi connectivity index (χ0v) is 29.1. The Balaban J connectivity index is 1.85. The number of likely N-dealkylation sites (N-methyl/N-ethyl adjacent to an activating group) is 1. The molecule has 4 aromatic rings. The van der Waals surface area contributed by atoms with Crippen molar-refractivity contribution in [3.63, 3.8) is 0 Å². The minimum Gasteiger partial charge on any atom is -0.490 e. The molecule has 0 N–H and O–H groups in total. The average molecular weight is 666 g/mol. The van der Waals surface area contributed by atoms with E-state index in [0.29, 0.717) is 52.6 Å². The van der Waals surface area contributed by atoms with E-state index in [1.165, 1.54) is 24.6 Å². The van der Waals surface area contributed by atoms with Crippen LogP contribution in [-0.2, 0) is 14.8 Å². The van der Waals surface area contributed by atoms with E-state index in [-0.39, 0.29) is 16.7 Å². The predicted molar refractivity (Wildman–Crippen MR) is 178 cm³/mol. The van der Waals surface area contributed by atoms with Crippen LogP contribution in [0.1, 0.15) is 72.9 Å². The molecular formula is C31H44ClN5O5S2. The third-order valence-corrected chi connectivity index (χ3v) is 10.5. The first kappa shape index (κ1) is 34.1. The molecule has 3 heterocycles. The summed E-state index contributed by atoms with van der Waals surface area (Å²) >= 11 is 7.75. The second-order valence-electron chi connectivity index (χ2n) is 11.7. The molecule has 0 fully saturated rings. The summed E-state index contributed by atoms with van der Waals surface area (Å²) in [4.78, 5) is 20.4. The first-order valence-corrected chi connectivity index (χ1v) is 17.9. The van der Waals surface area contributed by atoms with Crippen LogP contribution >= 0.6 is 22.9 Å². The van der Waals surface area contributed by atoms with Gasteiger partial charge in [0.1, 0.15) is 18.0 Å². The van der Waals surface area contributed by atoms with Gasteiger partial charge in [-0.3, -0.25) is 8.71 Å². The van der Waals surface area contributed by atoms with Gasteiger partial charge in [-0.1, -0.05) is 51.6 Å².